The maximum Gasteiger partial charge on any atom is 0.0273 e. The average molecular weight is 174 g/mol. The molecule has 1 aromatic heterocycles. The van der Waals surface area contributed by atoms with Crippen molar-refractivity contribution in [3.05, 3.63) is 36.2 Å². The van der Waals surface area contributed by atoms with E-state index in [1.807, 2.05) is 12.4 Å². The first-order valence-corrected chi connectivity index (χ1v) is 4.72. The molecule has 0 aromatic carbocycles. The van der Waals surface area contributed by atoms with Crippen LogP contribution in [0.5, 0.6) is 0 Å². The molecule has 1 heterocycles. The standard InChI is InChI=1S/C11H14N2/c12-6-3-11(9-1-2-9)10-4-7-13-8-5-10/h3-5,7-9H,1-2,6,12H2/b11-3-. The highest BCUT2D eigenvalue weighted by molar-refractivity contribution is 5.68. The normalized spacial score (nSPS) is 17.5. The van der Waals surface area contributed by atoms with E-state index in [-0.39, 0.29) is 0 Å². The molecule has 2 rings (SSSR count). The largest absolute Gasteiger partial charge is 0.327 e. The highest BCUT2D eigenvalue weighted by atomic mass is 14.6. The van der Waals surface area contributed by atoms with Crippen LogP contribution >= 0.6 is 0 Å². The van der Waals surface area contributed by atoms with E-state index >= 15 is 0 Å². The van der Waals surface area contributed by atoms with E-state index < -0.39 is 0 Å². The molecule has 0 unspecified atom stereocenters. The summed E-state index contributed by atoms with van der Waals surface area (Å²) >= 11 is 0. The van der Waals surface area contributed by atoms with Gasteiger partial charge in [-0.15, -0.1) is 0 Å². The molecule has 2 N–H and O–H groups in total. The van der Waals surface area contributed by atoms with Crippen molar-refractivity contribution >= 4 is 5.57 Å². The predicted molar refractivity (Wildman–Crippen MR) is 54.0 cm³/mol. The lowest BCUT2D eigenvalue weighted by Crippen LogP contribution is -1.97. The van der Waals surface area contributed by atoms with Gasteiger partial charge in [-0.25, -0.2) is 0 Å². The number of rotatable bonds is 3. The number of nitrogens with two attached hydrogens (primary N) is 1. The van der Waals surface area contributed by atoms with Crippen molar-refractivity contribution in [1.29, 1.82) is 0 Å². The number of pyridine rings is 1. The fourth-order valence-corrected chi connectivity index (χ4v) is 1.59. The molecule has 1 aliphatic carbocycles. The van der Waals surface area contributed by atoms with E-state index in [0.29, 0.717) is 6.54 Å². The molecule has 1 fully saturated rings. The van der Waals surface area contributed by atoms with Crippen LogP contribution < -0.4 is 5.73 Å². The van der Waals surface area contributed by atoms with Crippen LogP contribution in [0.25, 0.3) is 5.57 Å². The second-order valence-electron chi connectivity index (χ2n) is 3.41. The smallest absolute Gasteiger partial charge is 0.0273 e. The molecule has 68 valence electrons. The fraction of sp³-hybridized carbons (Fsp3) is 0.364. The summed E-state index contributed by atoms with van der Waals surface area (Å²) in [5.74, 6) is 0.756. The van der Waals surface area contributed by atoms with Crippen molar-refractivity contribution in [3.63, 3.8) is 0 Å². The van der Waals surface area contributed by atoms with E-state index in [1.165, 1.54) is 24.0 Å². The minimum atomic E-state index is 0.633. The molecule has 0 amide bonds. The maximum atomic E-state index is 5.54. The molecule has 13 heavy (non-hydrogen) atoms. The first kappa shape index (κ1) is 8.45. The van der Waals surface area contributed by atoms with Crippen LogP contribution in [-0.2, 0) is 0 Å². The zero-order valence-corrected chi connectivity index (χ0v) is 7.61. The Labute approximate surface area is 78.5 Å². The summed E-state index contributed by atoms with van der Waals surface area (Å²) in [6.45, 7) is 0.633. The zero-order valence-electron chi connectivity index (χ0n) is 7.61. The molecule has 0 spiro atoms. The van der Waals surface area contributed by atoms with Crippen LogP contribution in [-0.4, -0.2) is 11.5 Å². The number of hydrogen-bond donors (Lipinski definition) is 1. The van der Waals surface area contributed by atoms with E-state index in [9.17, 15) is 0 Å². The summed E-state index contributed by atoms with van der Waals surface area (Å²) in [6, 6.07) is 4.11. The molecule has 0 saturated heterocycles. The number of hydrogen-bond acceptors (Lipinski definition) is 2. The third-order valence-corrected chi connectivity index (χ3v) is 2.37. The van der Waals surface area contributed by atoms with Crippen LogP contribution in [0, 0.1) is 5.92 Å². The minimum absolute atomic E-state index is 0.633. The summed E-state index contributed by atoms with van der Waals surface area (Å²) in [5.41, 5.74) is 8.23. The molecule has 1 aromatic rings. The van der Waals surface area contributed by atoms with Crippen LogP contribution in [0.1, 0.15) is 18.4 Å². The Morgan fingerprint density at radius 2 is 2.15 bits per heavy atom. The highest BCUT2D eigenvalue weighted by Gasteiger charge is 2.26. The molecule has 1 saturated carbocycles. The summed E-state index contributed by atoms with van der Waals surface area (Å²) < 4.78 is 0. The molecule has 0 radical (unpaired) electrons. The van der Waals surface area contributed by atoms with Crippen molar-refractivity contribution in [3.8, 4) is 0 Å². The monoisotopic (exact) mass is 174 g/mol. The Balaban J connectivity index is 2.25. The van der Waals surface area contributed by atoms with E-state index in [0.717, 1.165) is 5.92 Å². The van der Waals surface area contributed by atoms with E-state index in [4.69, 9.17) is 5.73 Å². The summed E-state index contributed by atoms with van der Waals surface area (Å²) in [5, 5.41) is 0. The molecule has 0 aliphatic heterocycles. The third-order valence-electron chi connectivity index (χ3n) is 2.37. The average Bonchev–Trinajstić information content (AvgIpc) is 2.99. The van der Waals surface area contributed by atoms with Crippen LogP contribution in [0.3, 0.4) is 0 Å². The summed E-state index contributed by atoms with van der Waals surface area (Å²) in [4.78, 5) is 4.01. The summed E-state index contributed by atoms with van der Waals surface area (Å²) in [6.07, 6.45) is 8.43. The SMILES string of the molecule is NC/C=C(\c1ccncc1)C1CC1. The van der Waals surface area contributed by atoms with Gasteiger partial charge < -0.3 is 5.73 Å². The van der Waals surface area contributed by atoms with E-state index in [2.05, 4.69) is 23.2 Å². The molecule has 1 aliphatic rings. The quantitative estimate of drug-likeness (QED) is 0.759. The second-order valence-corrected chi connectivity index (χ2v) is 3.41. The van der Waals surface area contributed by atoms with Crippen molar-refractivity contribution in [2.45, 2.75) is 12.8 Å². The van der Waals surface area contributed by atoms with Gasteiger partial charge in [0.2, 0.25) is 0 Å². The van der Waals surface area contributed by atoms with Crippen LogP contribution in [0.4, 0.5) is 0 Å². The van der Waals surface area contributed by atoms with Crippen LogP contribution in [0.2, 0.25) is 0 Å². The Bertz CT molecular complexity index is 299. The van der Waals surface area contributed by atoms with Gasteiger partial charge in [0.1, 0.15) is 0 Å². The van der Waals surface area contributed by atoms with Crippen LogP contribution in [0.15, 0.2) is 30.6 Å². The zero-order chi connectivity index (χ0) is 9.10. The highest BCUT2D eigenvalue weighted by Crippen LogP contribution is 2.41. The van der Waals surface area contributed by atoms with Gasteiger partial charge in [0.05, 0.1) is 0 Å². The lowest BCUT2D eigenvalue weighted by molar-refractivity contribution is 1.12. The van der Waals surface area contributed by atoms with Gasteiger partial charge in [0.15, 0.2) is 0 Å². The second kappa shape index (κ2) is 3.71. The van der Waals surface area contributed by atoms with Crippen molar-refractivity contribution in [2.24, 2.45) is 11.7 Å². The fourth-order valence-electron chi connectivity index (χ4n) is 1.59. The van der Waals surface area contributed by atoms with E-state index in [1.54, 1.807) is 0 Å². The Kier molecular flexibility index (Phi) is 2.41. The number of aromatic nitrogens is 1. The summed E-state index contributed by atoms with van der Waals surface area (Å²) in [7, 11) is 0. The molecule has 2 nitrogen and oxygen atoms in total. The van der Waals surface area contributed by atoms with Gasteiger partial charge >= 0.3 is 0 Å². The molecular weight excluding hydrogens is 160 g/mol. The van der Waals surface area contributed by atoms with Gasteiger partial charge in [0.25, 0.3) is 0 Å². The van der Waals surface area contributed by atoms with Crippen molar-refractivity contribution < 1.29 is 0 Å². The van der Waals surface area contributed by atoms with Crippen molar-refractivity contribution in [1.82, 2.24) is 4.98 Å². The maximum absolute atomic E-state index is 5.54. The Hall–Kier alpha value is -1.15. The van der Waals surface area contributed by atoms with Crippen molar-refractivity contribution in [2.75, 3.05) is 6.54 Å². The predicted octanol–water partition coefficient (Wildman–Crippen LogP) is 1.83. The topological polar surface area (TPSA) is 38.9 Å². The van der Waals surface area contributed by atoms with Gasteiger partial charge in [0, 0.05) is 18.9 Å². The minimum Gasteiger partial charge on any atom is -0.327 e. The molecule has 0 bridgehead atoms. The lowest BCUT2D eigenvalue weighted by Gasteiger charge is -2.04. The third kappa shape index (κ3) is 1.95. The first-order chi connectivity index (χ1) is 6.42. The Morgan fingerprint density at radius 3 is 2.69 bits per heavy atom. The van der Waals surface area contributed by atoms with Gasteiger partial charge in [-0.2, -0.15) is 0 Å². The van der Waals surface area contributed by atoms with Gasteiger partial charge in [-0.3, -0.25) is 4.98 Å². The Morgan fingerprint density at radius 1 is 1.46 bits per heavy atom. The first-order valence-electron chi connectivity index (χ1n) is 4.72. The molecule has 0 atom stereocenters. The van der Waals surface area contributed by atoms with Gasteiger partial charge in [-0.05, 0) is 42.0 Å². The molecular formula is C11H14N2. The molecule has 2 heteroatoms. The van der Waals surface area contributed by atoms with Gasteiger partial charge in [-0.1, -0.05) is 6.08 Å². The lowest BCUT2D eigenvalue weighted by atomic mass is 10.0. The number of nitrogens with zero attached hydrogens (tertiary/aromatic N) is 1. The number of allylic oxidation sites excluding steroid dienone is 1.